The van der Waals surface area contributed by atoms with Crippen molar-refractivity contribution >= 4 is 17.6 Å². The number of hydrogen-bond donors (Lipinski definition) is 2. The molecule has 0 saturated carbocycles. The van der Waals surface area contributed by atoms with Gasteiger partial charge in [0.25, 0.3) is 12.3 Å². The summed E-state index contributed by atoms with van der Waals surface area (Å²) in [6, 6.07) is 4.62. The first kappa shape index (κ1) is 23.2. The van der Waals surface area contributed by atoms with Crippen molar-refractivity contribution in [3.05, 3.63) is 46.9 Å². The predicted molar refractivity (Wildman–Crippen MR) is 109 cm³/mol. The Morgan fingerprint density at radius 2 is 1.83 bits per heavy atom. The largest absolute Gasteiger partial charge is 0.486 e. The van der Waals surface area contributed by atoms with E-state index in [2.05, 4.69) is 20.6 Å². The van der Waals surface area contributed by atoms with Gasteiger partial charge in [-0.25, -0.2) is 18.7 Å². The first-order valence-electron chi connectivity index (χ1n) is 9.54. The van der Waals surface area contributed by atoms with E-state index in [4.69, 9.17) is 4.74 Å². The molecule has 0 bridgehead atoms. The lowest BCUT2D eigenvalue weighted by Crippen LogP contribution is -2.28. The standard InChI is InChI=1S/C21H26F2N4O3/c1-11(2)20(28)27-19-8-15(7-13(4)25-19)14(5)26-21(29)16-6-12(3)17(9-24-16)30-10-18(22)23/h6-9,11,14,18H,10H2,1-5H3,(H,26,29)(H,25,27,28). The highest BCUT2D eigenvalue weighted by Crippen LogP contribution is 2.20. The molecule has 2 N–H and O–H groups in total. The highest BCUT2D eigenvalue weighted by molar-refractivity contribution is 5.93. The lowest BCUT2D eigenvalue weighted by Gasteiger charge is -2.17. The maximum absolute atomic E-state index is 12.6. The lowest BCUT2D eigenvalue weighted by molar-refractivity contribution is -0.118. The average Bonchev–Trinajstić information content (AvgIpc) is 2.66. The van der Waals surface area contributed by atoms with Gasteiger partial charge in [0.05, 0.1) is 12.2 Å². The van der Waals surface area contributed by atoms with Gasteiger partial charge in [0.2, 0.25) is 5.91 Å². The summed E-state index contributed by atoms with van der Waals surface area (Å²) in [5.74, 6) is -0.137. The number of halogens is 2. The molecule has 0 aliphatic rings. The van der Waals surface area contributed by atoms with Crippen LogP contribution in [-0.4, -0.2) is 34.8 Å². The number of anilines is 1. The number of alkyl halides is 2. The molecule has 7 nitrogen and oxygen atoms in total. The van der Waals surface area contributed by atoms with E-state index in [1.54, 1.807) is 40.7 Å². The molecule has 0 aliphatic carbocycles. The number of carbonyl (C=O) groups is 2. The van der Waals surface area contributed by atoms with Gasteiger partial charge in [-0.2, -0.15) is 0 Å². The molecule has 2 amide bonds. The van der Waals surface area contributed by atoms with E-state index in [1.165, 1.54) is 12.3 Å². The van der Waals surface area contributed by atoms with Gasteiger partial charge in [0.15, 0.2) is 0 Å². The molecule has 0 radical (unpaired) electrons. The number of nitrogens with one attached hydrogen (secondary N) is 2. The minimum atomic E-state index is -2.59. The molecule has 0 spiro atoms. The topological polar surface area (TPSA) is 93.2 Å². The summed E-state index contributed by atoms with van der Waals surface area (Å²) in [4.78, 5) is 32.8. The maximum atomic E-state index is 12.6. The fourth-order valence-corrected chi connectivity index (χ4v) is 2.61. The van der Waals surface area contributed by atoms with Gasteiger partial charge in [-0.05, 0) is 50.1 Å². The number of carbonyl (C=O) groups excluding carboxylic acids is 2. The number of rotatable bonds is 8. The number of nitrogens with zero attached hydrogens (tertiary/aromatic N) is 2. The van der Waals surface area contributed by atoms with Crippen molar-refractivity contribution in [3.63, 3.8) is 0 Å². The first-order chi connectivity index (χ1) is 14.1. The molecule has 30 heavy (non-hydrogen) atoms. The van der Waals surface area contributed by atoms with Gasteiger partial charge >= 0.3 is 0 Å². The minimum Gasteiger partial charge on any atom is -0.486 e. The molecule has 0 aliphatic heterocycles. The molecule has 1 unspecified atom stereocenters. The second-order valence-corrected chi connectivity index (χ2v) is 7.30. The molecule has 2 heterocycles. The van der Waals surface area contributed by atoms with Crippen LogP contribution in [0.15, 0.2) is 24.4 Å². The Kier molecular flexibility index (Phi) is 7.79. The van der Waals surface area contributed by atoms with E-state index in [1.807, 2.05) is 6.07 Å². The first-order valence-corrected chi connectivity index (χ1v) is 9.54. The van der Waals surface area contributed by atoms with E-state index in [0.717, 1.165) is 5.56 Å². The number of pyridine rings is 2. The van der Waals surface area contributed by atoms with Crippen LogP contribution in [0.1, 0.15) is 54.1 Å². The van der Waals surface area contributed by atoms with Crippen LogP contribution in [0, 0.1) is 19.8 Å². The Morgan fingerprint density at radius 3 is 2.43 bits per heavy atom. The van der Waals surface area contributed by atoms with Crippen molar-refractivity contribution in [2.45, 2.75) is 47.1 Å². The summed E-state index contributed by atoms with van der Waals surface area (Å²) in [6.45, 7) is 8.09. The Bertz CT molecular complexity index is 919. The van der Waals surface area contributed by atoms with Crippen LogP contribution in [0.25, 0.3) is 0 Å². The summed E-state index contributed by atoms with van der Waals surface area (Å²) in [5, 5.41) is 5.59. The quantitative estimate of drug-likeness (QED) is 0.677. The van der Waals surface area contributed by atoms with Crippen LogP contribution < -0.4 is 15.4 Å². The summed E-state index contributed by atoms with van der Waals surface area (Å²) >= 11 is 0. The molecular weight excluding hydrogens is 394 g/mol. The second-order valence-electron chi connectivity index (χ2n) is 7.30. The van der Waals surface area contributed by atoms with Gasteiger partial charge in [0.1, 0.15) is 23.9 Å². The molecule has 2 rings (SSSR count). The van der Waals surface area contributed by atoms with Gasteiger partial charge in [0, 0.05) is 11.6 Å². The van der Waals surface area contributed by atoms with Crippen molar-refractivity contribution < 1.29 is 23.1 Å². The highest BCUT2D eigenvalue weighted by atomic mass is 19.3. The third-order valence-electron chi connectivity index (χ3n) is 4.26. The summed E-state index contributed by atoms with van der Waals surface area (Å²) < 4.78 is 29.6. The zero-order valence-electron chi connectivity index (χ0n) is 17.6. The number of aryl methyl sites for hydroxylation is 2. The summed E-state index contributed by atoms with van der Waals surface area (Å²) in [7, 11) is 0. The molecular formula is C21H26F2N4O3. The van der Waals surface area contributed by atoms with Crippen molar-refractivity contribution in [1.82, 2.24) is 15.3 Å². The Hall–Kier alpha value is -3.10. The van der Waals surface area contributed by atoms with Gasteiger partial charge in [-0.15, -0.1) is 0 Å². The molecule has 0 aromatic carbocycles. The van der Waals surface area contributed by atoms with Crippen LogP contribution in [0.5, 0.6) is 5.75 Å². The van der Waals surface area contributed by atoms with E-state index >= 15 is 0 Å². The van der Waals surface area contributed by atoms with Crippen molar-refractivity contribution in [2.75, 3.05) is 11.9 Å². The molecule has 0 saturated heterocycles. The average molecular weight is 420 g/mol. The zero-order chi connectivity index (χ0) is 22.4. The molecule has 162 valence electrons. The van der Waals surface area contributed by atoms with Gasteiger partial charge < -0.3 is 15.4 Å². The molecule has 2 aromatic rings. The third-order valence-corrected chi connectivity index (χ3v) is 4.26. The molecule has 0 fully saturated rings. The van der Waals surface area contributed by atoms with Crippen molar-refractivity contribution in [2.24, 2.45) is 5.92 Å². The summed E-state index contributed by atoms with van der Waals surface area (Å²) in [6.07, 6.45) is -1.33. The van der Waals surface area contributed by atoms with E-state index < -0.39 is 18.9 Å². The second kappa shape index (κ2) is 10.1. The van der Waals surface area contributed by atoms with E-state index in [-0.39, 0.29) is 29.3 Å². The van der Waals surface area contributed by atoms with Crippen LogP contribution in [0.3, 0.4) is 0 Å². The fraction of sp³-hybridized carbons (Fsp3) is 0.429. The maximum Gasteiger partial charge on any atom is 0.272 e. The van der Waals surface area contributed by atoms with Gasteiger partial charge in [-0.3, -0.25) is 9.59 Å². The smallest absolute Gasteiger partial charge is 0.272 e. The number of amides is 2. The van der Waals surface area contributed by atoms with Crippen LogP contribution in [0.2, 0.25) is 0 Å². The fourth-order valence-electron chi connectivity index (χ4n) is 2.61. The van der Waals surface area contributed by atoms with Crippen LogP contribution in [0.4, 0.5) is 14.6 Å². The SMILES string of the molecule is Cc1cc(C(C)NC(=O)c2cc(C)c(OCC(F)F)cn2)cc(NC(=O)C(C)C)n1. The Balaban J connectivity index is 2.11. The highest BCUT2D eigenvalue weighted by Gasteiger charge is 2.17. The molecule has 1 atom stereocenters. The summed E-state index contributed by atoms with van der Waals surface area (Å²) in [5.41, 5.74) is 2.13. The van der Waals surface area contributed by atoms with Crippen LogP contribution >= 0.6 is 0 Å². The minimum absolute atomic E-state index is 0.142. The Labute approximate surface area is 174 Å². The van der Waals surface area contributed by atoms with Crippen molar-refractivity contribution in [3.8, 4) is 5.75 Å². The molecule has 2 aromatic heterocycles. The van der Waals surface area contributed by atoms with Crippen LogP contribution in [-0.2, 0) is 4.79 Å². The number of aromatic nitrogens is 2. The van der Waals surface area contributed by atoms with E-state index in [0.29, 0.717) is 17.1 Å². The normalized spacial score (nSPS) is 12.0. The van der Waals surface area contributed by atoms with Crippen molar-refractivity contribution in [1.29, 1.82) is 0 Å². The monoisotopic (exact) mass is 420 g/mol. The third kappa shape index (κ3) is 6.47. The Morgan fingerprint density at radius 1 is 1.13 bits per heavy atom. The lowest BCUT2D eigenvalue weighted by atomic mass is 10.1. The number of ether oxygens (including phenoxy) is 1. The van der Waals surface area contributed by atoms with E-state index in [9.17, 15) is 18.4 Å². The molecule has 9 heteroatoms. The van der Waals surface area contributed by atoms with Gasteiger partial charge in [-0.1, -0.05) is 13.8 Å². The zero-order valence-corrected chi connectivity index (χ0v) is 17.6. The predicted octanol–water partition coefficient (Wildman–Crippen LogP) is 3.82. The number of hydrogen-bond acceptors (Lipinski definition) is 5.